The van der Waals surface area contributed by atoms with E-state index in [4.69, 9.17) is 9.26 Å². The smallest absolute Gasteiger partial charge is 0.194 e. The first-order valence-corrected chi connectivity index (χ1v) is 10.3. The monoisotopic (exact) mass is 398 g/mol. The molecular weight excluding hydrogens is 368 g/mol. The molecule has 1 aromatic heterocycles. The molecule has 8 nitrogen and oxygen atoms in total. The normalized spacial score (nSPS) is 18.9. The first-order chi connectivity index (χ1) is 14.3. The first kappa shape index (κ1) is 19.7. The van der Waals surface area contributed by atoms with Crippen molar-refractivity contribution in [2.24, 2.45) is 4.99 Å². The lowest BCUT2D eigenvalue weighted by molar-refractivity contribution is 0.122. The number of benzene rings is 1. The molecule has 2 aromatic rings. The molecule has 2 aliphatic heterocycles. The lowest BCUT2D eigenvalue weighted by atomic mass is 10.2. The average Bonchev–Trinajstić information content (AvgIpc) is 3.29. The highest BCUT2D eigenvalue weighted by Gasteiger charge is 2.20. The van der Waals surface area contributed by atoms with E-state index in [1.54, 1.807) is 6.26 Å². The summed E-state index contributed by atoms with van der Waals surface area (Å²) >= 11 is 0. The Hall–Kier alpha value is -2.58. The van der Waals surface area contributed by atoms with Crippen molar-refractivity contribution in [2.75, 3.05) is 64.4 Å². The Balaban J connectivity index is 1.24. The fourth-order valence-corrected chi connectivity index (χ4v) is 3.83. The van der Waals surface area contributed by atoms with Crippen LogP contribution in [0.5, 0.6) is 0 Å². The van der Waals surface area contributed by atoms with Gasteiger partial charge in [0, 0.05) is 71.2 Å². The largest absolute Gasteiger partial charge is 0.378 e. The topological polar surface area (TPSA) is 69.4 Å². The van der Waals surface area contributed by atoms with Crippen LogP contribution in [0.15, 0.2) is 46.1 Å². The summed E-state index contributed by atoms with van der Waals surface area (Å²) in [5.74, 6) is 0.961. The van der Waals surface area contributed by atoms with Gasteiger partial charge in [-0.1, -0.05) is 17.3 Å². The van der Waals surface area contributed by atoms with E-state index in [1.807, 2.05) is 13.1 Å². The summed E-state index contributed by atoms with van der Waals surface area (Å²) < 4.78 is 10.4. The quantitative estimate of drug-likeness (QED) is 0.603. The number of rotatable bonds is 5. The summed E-state index contributed by atoms with van der Waals surface area (Å²) in [4.78, 5) is 11.6. The van der Waals surface area contributed by atoms with Gasteiger partial charge in [0.2, 0.25) is 0 Å². The number of nitrogens with zero attached hydrogens (tertiary/aromatic N) is 5. The maximum absolute atomic E-state index is 5.43. The standard InChI is InChI=1S/C21H30N6O2/c1-22-21(27-9-7-25(8-10-27)17-19-6-13-29-24-19)23-16-18-2-4-20(5-3-18)26-11-14-28-15-12-26/h2-6,13H,7-12,14-17H2,1H3,(H,22,23). The average molecular weight is 399 g/mol. The molecule has 4 rings (SSSR count). The van der Waals surface area contributed by atoms with E-state index < -0.39 is 0 Å². The van der Waals surface area contributed by atoms with Crippen LogP contribution in [-0.2, 0) is 17.8 Å². The van der Waals surface area contributed by atoms with Crippen LogP contribution in [-0.4, -0.2) is 80.4 Å². The number of anilines is 1. The van der Waals surface area contributed by atoms with Crippen LogP contribution in [0.4, 0.5) is 5.69 Å². The van der Waals surface area contributed by atoms with Crippen LogP contribution >= 0.6 is 0 Å². The van der Waals surface area contributed by atoms with Crippen LogP contribution in [0.3, 0.4) is 0 Å². The van der Waals surface area contributed by atoms with Crippen molar-refractivity contribution in [2.45, 2.75) is 13.1 Å². The molecule has 0 saturated carbocycles. The Morgan fingerprint density at radius 1 is 1.03 bits per heavy atom. The number of aromatic nitrogens is 1. The van der Waals surface area contributed by atoms with Crippen LogP contribution in [0.1, 0.15) is 11.3 Å². The predicted octanol–water partition coefficient (Wildman–Crippen LogP) is 1.40. The Morgan fingerprint density at radius 3 is 2.45 bits per heavy atom. The predicted molar refractivity (Wildman–Crippen MR) is 113 cm³/mol. The molecule has 0 bridgehead atoms. The second kappa shape index (κ2) is 9.76. The van der Waals surface area contributed by atoms with Crippen molar-refractivity contribution in [1.29, 1.82) is 0 Å². The minimum absolute atomic E-state index is 0.773. The molecule has 2 saturated heterocycles. The molecule has 8 heteroatoms. The first-order valence-electron chi connectivity index (χ1n) is 10.3. The van der Waals surface area contributed by atoms with Gasteiger partial charge in [-0.05, 0) is 17.7 Å². The molecule has 3 heterocycles. The molecule has 29 heavy (non-hydrogen) atoms. The van der Waals surface area contributed by atoms with Gasteiger partial charge >= 0.3 is 0 Å². The molecule has 156 valence electrons. The van der Waals surface area contributed by atoms with Gasteiger partial charge in [-0.2, -0.15) is 0 Å². The number of morpholine rings is 1. The maximum atomic E-state index is 5.43. The molecule has 1 N–H and O–H groups in total. The third-order valence-electron chi connectivity index (χ3n) is 5.52. The van der Waals surface area contributed by atoms with Gasteiger partial charge in [0.1, 0.15) is 6.26 Å². The fraction of sp³-hybridized carbons (Fsp3) is 0.524. The molecule has 0 spiro atoms. The van der Waals surface area contributed by atoms with Crippen LogP contribution in [0, 0.1) is 0 Å². The summed E-state index contributed by atoms with van der Waals surface area (Å²) in [6.45, 7) is 9.04. The fourth-order valence-electron chi connectivity index (χ4n) is 3.83. The second-order valence-electron chi connectivity index (χ2n) is 7.42. The van der Waals surface area contributed by atoms with Crippen molar-refractivity contribution in [3.05, 3.63) is 47.9 Å². The summed E-state index contributed by atoms with van der Waals surface area (Å²) in [5.41, 5.74) is 3.51. The highest BCUT2D eigenvalue weighted by Crippen LogP contribution is 2.16. The Morgan fingerprint density at radius 2 is 1.79 bits per heavy atom. The minimum Gasteiger partial charge on any atom is -0.378 e. The molecule has 2 aliphatic rings. The SMILES string of the molecule is CN=C(NCc1ccc(N2CCOCC2)cc1)N1CCN(Cc2ccon2)CC1. The van der Waals surface area contributed by atoms with Gasteiger partial charge in [0.05, 0.1) is 18.9 Å². The van der Waals surface area contributed by atoms with Gasteiger partial charge in [0.25, 0.3) is 0 Å². The van der Waals surface area contributed by atoms with E-state index in [9.17, 15) is 0 Å². The van der Waals surface area contributed by atoms with E-state index in [0.29, 0.717) is 0 Å². The Labute approximate surface area is 172 Å². The number of hydrogen-bond donors (Lipinski definition) is 1. The summed E-state index contributed by atoms with van der Waals surface area (Å²) in [5, 5.41) is 7.52. The molecule has 0 radical (unpaired) electrons. The van der Waals surface area contributed by atoms with Crippen molar-refractivity contribution >= 4 is 11.6 Å². The summed E-state index contributed by atoms with van der Waals surface area (Å²) in [6.07, 6.45) is 1.63. The van der Waals surface area contributed by atoms with Crippen LogP contribution < -0.4 is 10.2 Å². The van der Waals surface area contributed by atoms with Gasteiger partial charge in [-0.25, -0.2) is 0 Å². The van der Waals surface area contributed by atoms with Crippen LogP contribution in [0.25, 0.3) is 0 Å². The molecule has 0 unspecified atom stereocenters. The van der Waals surface area contributed by atoms with E-state index in [-0.39, 0.29) is 0 Å². The van der Waals surface area contributed by atoms with Crippen molar-refractivity contribution < 1.29 is 9.26 Å². The number of nitrogens with one attached hydrogen (secondary N) is 1. The molecular formula is C21H30N6O2. The summed E-state index contributed by atoms with van der Waals surface area (Å²) in [7, 11) is 1.85. The second-order valence-corrected chi connectivity index (χ2v) is 7.42. The third kappa shape index (κ3) is 5.27. The molecule has 0 atom stereocenters. The Kier molecular flexibility index (Phi) is 6.63. The summed E-state index contributed by atoms with van der Waals surface area (Å²) in [6, 6.07) is 10.7. The number of ether oxygens (including phenoxy) is 1. The van der Waals surface area contributed by atoms with Gasteiger partial charge < -0.3 is 24.4 Å². The number of piperazine rings is 1. The van der Waals surface area contributed by atoms with Crippen LogP contribution in [0.2, 0.25) is 0 Å². The molecule has 2 fully saturated rings. The number of guanidine groups is 1. The van der Waals surface area contributed by atoms with E-state index >= 15 is 0 Å². The van der Waals surface area contributed by atoms with Crippen molar-refractivity contribution in [3.8, 4) is 0 Å². The molecule has 0 aliphatic carbocycles. The van der Waals surface area contributed by atoms with E-state index in [0.717, 1.165) is 77.2 Å². The zero-order chi connectivity index (χ0) is 19.9. The van der Waals surface area contributed by atoms with Crippen molar-refractivity contribution in [1.82, 2.24) is 20.3 Å². The number of hydrogen-bond acceptors (Lipinski definition) is 6. The molecule has 1 aromatic carbocycles. The Bertz CT molecular complexity index is 763. The zero-order valence-corrected chi connectivity index (χ0v) is 17.1. The number of aliphatic imine (C=N–C) groups is 1. The van der Waals surface area contributed by atoms with Crippen molar-refractivity contribution in [3.63, 3.8) is 0 Å². The van der Waals surface area contributed by atoms with E-state index in [2.05, 4.69) is 54.4 Å². The van der Waals surface area contributed by atoms with Gasteiger partial charge in [0.15, 0.2) is 5.96 Å². The third-order valence-corrected chi connectivity index (χ3v) is 5.52. The van der Waals surface area contributed by atoms with Gasteiger partial charge in [-0.15, -0.1) is 0 Å². The highest BCUT2D eigenvalue weighted by molar-refractivity contribution is 5.80. The lowest BCUT2D eigenvalue weighted by Crippen LogP contribution is -2.52. The maximum Gasteiger partial charge on any atom is 0.194 e. The minimum atomic E-state index is 0.773. The lowest BCUT2D eigenvalue weighted by Gasteiger charge is -2.36. The highest BCUT2D eigenvalue weighted by atomic mass is 16.5. The molecule has 0 amide bonds. The zero-order valence-electron chi connectivity index (χ0n) is 17.1. The van der Waals surface area contributed by atoms with Gasteiger partial charge in [-0.3, -0.25) is 9.89 Å². The van der Waals surface area contributed by atoms with E-state index in [1.165, 1.54) is 11.3 Å².